The molecule has 1 aliphatic rings. The number of rotatable bonds is 7. The smallest absolute Gasteiger partial charge is 0.332 e. The minimum atomic E-state index is -1.04. The lowest BCUT2D eigenvalue weighted by Gasteiger charge is -2.19. The van der Waals surface area contributed by atoms with E-state index in [1.165, 1.54) is 0 Å². The molecular formula is C13H22N2O5. The molecule has 1 rings (SSSR count). The topological polar surface area (TPSA) is 95.9 Å². The van der Waals surface area contributed by atoms with Crippen LogP contribution in [0.1, 0.15) is 33.1 Å². The molecule has 0 saturated carbocycles. The van der Waals surface area contributed by atoms with Gasteiger partial charge in [0.1, 0.15) is 6.10 Å². The molecule has 0 unspecified atom stereocenters. The number of hydrogen-bond donors (Lipinski definition) is 2. The minimum absolute atomic E-state index is 0.00828. The third-order valence-corrected chi connectivity index (χ3v) is 3.34. The van der Waals surface area contributed by atoms with Crippen molar-refractivity contribution in [3.8, 4) is 0 Å². The average molecular weight is 286 g/mol. The molecule has 2 amide bonds. The molecule has 0 bridgehead atoms. The number of nitrogens with one attached hydrogen (secondary N) is 1. The monoisotopic (exact) mass is 286 g/mol. The number of carbonyl (C=O) groups excluding carboxylic acids is 2. The van der Waals surface area contributed by atoms with Crippen molar-refractivity contribution < 1.29 is 24.2 Å². The van der Waals surface area contributed by atoms with Gasteiger partial charge in [-0.05, 0) is 26.7 Å². The van der Waals surface area contributed by atoms with E-state index in [9.17, 15) is 14.4 Å². The third kappa shape index (κ3) is 4.48. The van der Waals surface area contributed by atoms with E-state index >= 15 is 0 Å². The van der Waals surface area contributed by atoms with Crippen LogP contribution in [0.25, 0.3) is 0 Å². The SMILES string of the molecule is CCN(CC)C(=O)CCNC(=O)[C@@H]1CC[C@H](C(=O)O)O1. The van der Waals surface area contributed by atoms with Crippen LogP contribution in [0, 0.1) is 0 Å². The molecule has 114 valence electrons. The molecule has 7 heteroatoms. The summed E-state index contributed by atoms with van der Waals surface area (Å²) in [7, 11) is 0. The van der Waals surface area contributed by atoms with Crippen LogP contribution in [-0.4, -0.2) is 59.6 Å². The van der Waals surface area contributed by atoms with Crippen molar-refractivity contribution in [2.75, 3.05) is 19.6 Å². The maximum Gasteiger partial charge on any atom is 0.332 e. The van der Waals surface area contributed by atoms with Gasteiger partial charge < -0.3 is 20.1 Å². The van der Waals surface area contributed by atoms with E-state index in [0.29, 0.717) is 25.9 Å². The second-order valence-electron chi connectivity index (χ2n) is 4.64. The normalized spacial score (nSPS) is 21.5. The fraction of sp³-hybridized carbons (Fsp3) is 0.769. The van der Waals surface area contributed by atoms with Gasteiger partial charge in [0.05, 0.1) is 0 Å². The number of nitrogens with zero attached hydrogens (tertiary/aromatic N) is 1. The highest BCUT2D eigenvalue weighted by Gasteiger charge is 2.34. The lowest BCUT2D eigenvalue weighted by Crippen LogP contribution is -2.38. The van der Waals surface area contributed by atoms with Crippen molar-refractivity contribution in [2.24, 2.45) is 0 Å². The summed E-state index contributed by atoms with van der Waals surface area (Å²) in [6.45, 7) is 5.34. The van der Waals surface area contributed by atoms with E-state index < -0.39 is 18.2 Å². The van der Waals surface area contributed by atoms with E-state index in [1.54, 1.807) is 4.90 Å². The quantitative estimate of drug-likeness (QED) is 0.686. The summed E-state index contributed by atoms with van der Waals surface area (Å²) in [5.41, 5.74) is 0. The molecule has 0 radical (unpaired) electrons. The number of aliphatic carboxylic acids is 1. The van der Waals surface area contributed by atoms with Gasteiger partial charge in [-0.2, -0.15) is 0 Å². The van der Waals surface area contributed by atoms with Crippen LogP contribution >= 0.6 is 0 Å². The first-order valence-electron chi connectivity index (χ1n) is 6.93. The summed E-state index contributed by atoms with van der Waals surface area (Å²) in [6.07, 6.45) is -0.649. The fourth-order valence-electron chi connectivity index (χ4n) is 2.15. The Kier molecular flexibility index (Phi) is 6.44. The first kappa shape index (κ1) is 16.4. The number of carboxylic acids is 1. The van der Waals surface area contributed by atoms with Crippen molar-refractivity contribution in [3.63, 3.8) is 0 Å². The zero-order valence-corrected chi connectivity index (χ0v) is 11.9. The molecule has 20 heavy (non-hydrogen) atoms. The van der Waals surface area contributed by atoms with E-state index in [2.05, 4.69) is 5.32 Å². The Morgan fingerprint density at radius 3 is 2.30 bits per heavy atom. The maximum atomic E-state index is 11.7. The highest BCUT2D eigenvalue weighted by molar-refractivity contribution is 5.83. The van der Waals surface area contributed by atoms with Gasteiger partial charge in [-0.1, -0.05) is 0 Å². The Balaban J connectivity index is 2.27. The van der Waals surface area contributed by atoms with Gasteiger partial charge in [-0.25, -0.2) is 4.79 Å². The number of carbonyl (C=O) groups is 3. The molecule has 0 aromatic carbocycles. The molecule has 1 saturated heterocycles. The lowest BCUT2D eigenvalue weighted by atomic mass is 10.2. The van der Waals surface area contributed by atoms with Crippen molar-refractivity contribution >= 4 is 17.8 Å². The molecular weight excluding hydrogens is 264 g/mol. The fourth-order valence-corrected chi connectivity index (χ4v) is 2.15. The molecule has 7 nitrogen and oxygen atoms in total. The van der Waals surface area contributed by atoms with Crippen LogP contribution in [0.5, 0.6) is 0 Å². The Hall–Kier alpha value is -1.63. The number of ether oxygens (including phenoxy) is 1. The van der Waals surface area contributed by atoms with Crippen LogP contribution in [0.2, 0.25) is 0 Å². The number of hydrogen-bond acceptors (Lipinski definition) is 4. The largest absolute Gasteiger partial charge is 0.479 e. The van der Waals surface area contributed by atoms with Gasteiger partial charge in [0.2, 0.25) is 11.8 Å². The summed E-state index contributed by atoms with van der Waals surface area (Å²) < 4.78 is 5.13. The Labute approximate surface area is 118 Å². The van der Waals surface area contributed by atoms with E-state index in [-0.39, 0.29) is 24.8 Å². The molecule has 2 atom stereocenters. The predicted molar refractivity (Wildman–Crippen MR) is 71.1 cm³/mol. The molecule has 0 aromatic heterocycles. The molecule has 1 aliphatic heterocycles. The van der Waals surface area contributed by atoms with Crippen LogP contribution < -0.4 is 5.32 Å². The minimum Gasteiger partial charge on any atom is -0.479 e. The molecule has 2 N–H and O–H groups in total. The van der Waals surface area contributed by atoms with Gasteiger partial charge in [0.25, 0.3) is 0 Å². The molecule has 0 spiro atoms. The second-order valence-corrected chi connectivity index (χ2v) is 4.64. The summed E-state index contributed by atoms with van der Waals surface area (Å²) in [4.78, 5) is 35.9. The Morgan fingerprint density at radius 2 is 1.80 bits per heavy atom. The van der Waals surface area contributed by atoms with Crippen molar-refractivity contribution in [1.29, 1.82) is 0 Å². The third-order valence-electron chi connectivity index (χ3n) is 3.34. The predicted octanol–water partition coefficient (Wildman–Crippen LogP) is -0.00670. The van der Waals surface area contributed by atoms with Crippen molar-refractivity contribution in [1.82, 2.24) is 10.2 Å². The number of carboxylic acid groups (broad SMARTS) is 1. The summed E-state index contributed by atoms with van der Waals surface area (Å²) in [5.74, 6) is -1.40. The maximum absolute atomic E-state index is 11.7. The number of amides is 2. The van der Waals surface area contributed by atoms with Crippen LogP contribution in [0.3, 0.4) is 0 Å². The van der Waals surface area contributed by atoms with Crippen LogP contribution in [0.4, 0.5) is 0 Å². The van der Waals surface area contributed by atoms with Crippen LogP contribution in [0.15, 0.2) is 0 Å². The molecule has 0 aromatic rings. The van der Waals surface area contributed by atoms with E-state index in [1.807, 2.05) is 13.8 Å². The van der Waals surface area contributed by atoms with Gasteiger partial charge in [0.15, 0.2) is 6.10 Å². The van der Waals surface area contributed by atoms with Gasteiger partial charge in [-0.3, -0.25) is 9.59 Å². The van der Waals surface area contributed by atoms with Crippen molar-refractivity contribution in [2.45, 2.75) is 45.3 Å². The zero-order valence-electron chi connectivity index (χ0n) is 11.9. The molecule has 1 fully saturated rings. The van der Waals surface area contributed by atoms with E-state index in [0.717, 1.165) is 0 Å². The lowest BCUT2D eigenvalue weighted by molar-refractivity contribution is -0.151. The first-order chi connectivity index (χ1) is 9.49. The van der Waals surface area contributed by atoms with Gasteiger partial charge in [-0.15, -0.1) is 0 Å². The average Bonchev–Trinajstić information content (AvgIpc) is 2.89. The van der Waals surface area contributed by atoms with Crippen molar-refractivity contribution in [3.05, 3.63) is 0 Å². The summed E-state index contributed by atoms with van der Waals surface area (Å²) >= 11 is 0. The Bertz CT molecular complexity index is 368. The first-order valence-corrected chi connectivity index (χ1v) is 6.93. The molecule has 1 heterocycles. The summed E-state index contributed by atoms with van der Waals surface area (Å²) in [6, 6.07) is 0. The highest BCUT2D eigenvalue weighted by Crippen LogP contribution is 2.19. The zero-order chi connectivity index (χ0) is 15.1. The van der Waals surface area contributed by atoms with Crippen LogP contribution in [-0.2, 0) is 19.1 Å². The summed E-state index contributed by atoms with van der Waals surface area (Å²) in [5, 5.41) is 11.4. The van der Waals surface area contributed by atoms with Gasteiger partial charge in [0, 0.05) is 26.1 Å². The van der Waals surface area contributed by atoms with E-state index in [4.69, 9.17) is 9.84 Å². The second kappa shape index (κ2) is 7.84. The molecule has 0 aliphatic carbocycles. The Morgan fingerprint density at radius 1 is 1.20 bits per heavy atom. The van der Waals surface area contributed by atoms with Gasteiger partial charge >= 0.3 is 5.97 Å². The highest BCUT2D eigenvalue weighted by atomic mass is 16.5. The standard InChI is InChI=1S/C13H22N2O5/c1-3-15(4-2)11(16)7-8-14-12(17)9-5-6-10(20-9)13(18)19/h9-10H,3-8H2,1-2H3,(H,14,17)(H,18,19)/t9-,10+/m0/s1.